The van der Waals surface area contributed by atoms with Crippen LogP contribution in [0.15, 0.2) is 24.3 Å². The molecule has 0 aliphatic carbocycles. The number of hydrogen-bond acceptors (Lipinski definition) is 3. The third kappa shape index (κ3) is 3.07. The van der Waals surface area contributed by atoms with Crippen LogP contribution in [0.4, 0.5) is 0 Å². The zero-order valence-corrected chi connectivity index (χ0v) is 11.5. The maximum atomic E-state index is 12.0. The molecule has 104 valence electrons. The number of hydrogen-bond donors (Lipinski definition) is 1. The second-order valence-corrected chi connectivity index (χ2v) is 5.09. The smallest absolute Gasteiger partial charge is 0.225 e. The number of carbonyl (C=O) groups is 1. The number of likely N-dealkylation sites (tertiary alicyclic amines) is 1. The van der Waals surface area contributed by atoms with E-state index < -0.39 is 6.10 Å². The molecule has 1 aliphatic rings. The molecule has 19 heavy (non-hydrogen) atoms. The molecule has 1 heterocycles. The number of ether oxygens (including phenoxy) is 1. The lowest BCUT2D eigenvalue weighted by molar-refractivity contribution is -0.139. The van der Waals surface area contributed by atoms with Gasteiger partial charge in [0.1, 0.15) is 11.9 Å². The van der Waals surface area contributed by atoms with Gasteiger partial charge >= 0.3 is 0 Å². The van der Waals surface area contributed by atoms with Crippen LogP contribution in [0.3, 0.4) is 0 Å². The van der Waals surface area contributed by atoms with Gasteiger partial charge in [-0.2, -0.15) is 0 Å². The van der Waals surface area contributed by atoms with Gasteiger partial charge in [-0.25, -0.2) is 0 Å². The third-order valence-corrected chi connectivity index (χ3v) is 3.69. The van der Waals surface area contributed by atoms with E-state index in [1.807, 2.05) is 31.2 Å². The lowest BCUT2D eigenvalue weighted by atomic mass is 9.98. The first kappa shape index (κ1) is 13.9. The Kier molecular flexibility index (Phi) is 4.43. The zero-order chi connectivity index (χ0) is 13.8. The Balaban J connectivity index is 2.08. The third-order valence-electron chi connectivity index (χ3n) is 3.69. The van der Waals surface area contributed by atoms with Crippen molar-refractivity contribution in [3.05, 3.63) is 29.8 Å². The van der Waals surface area contributed by atoms with Gasteiger partial charge in [-0.1, -0.05) is 25.1 Å². The van der Waals surface area contributed by atoms with Crippen molar-refractivity contribution in [3.8, 4) is 5.75 Å². The number of β-amino-alcohol motifs (C(OH)–C–C–N with tert-alkyl or cyclic N) is 1. The number of carbonyl (C=O) groups excluding carboxylic acids is 1. The van der Waals surface area contributed by atoms with Crippen molar-refractivity contribution in [2.45, 2.75) is 25.9 Å². The number of para-hydroxylation sites is 1. The molecule has 2 unspecified atom stereocenters. The van der Waals surface area contributed by atoms with E-state index in [0.717, 1.165) is 24.9 Å². The van der Waals surface area contributed by atoms with Crippen LogP contribution >= 0.6 is 0 Å². The topological polar surface area (TPSA) is 49.8 Å². The highest BCUT2D eigenvalue weighted by Gasteiger charge is 2.27. The minimum Gasteiger partial charge on any atom is -0.496 e. The van der Waals surface area contributed by atoms with Crippen molar-refractivity contribution >= 4 is 5.91 Å². The van der Waals surface area contributed by atoms with E-state index in [1.165, 1.54) is 0 Å². The first-order valence-electron chi connectivity index (χ1n) is 6.73. The molecule has 0 radical (unpaired) electrons. The van der Waals surface area contributed by atoms with Gasteiger partial charge in [-0.05, 0) is 18.9 Å². The Morgan fingerprint density at radius 3 is 2.95 bits per heavy atom. The van der Waals surface area contributed by atoms with Gasteiger partial charge in [0.05, 0.1) is 13.7 Å². The van der Waals surface area contributed by atoms with E-state index in [0.29, 0.717) is 12.3 Å². The Labute approximate surface area is 114 Å². The normalized spacial score (nSPS) is 21.3. The Hall–Kier alpha value is -1.55. The van der Waals surface area contributed by atoms with Gasteiger partial charge in [0, 0.05) is 18.0 Å². The van der Waals surface area contributed by atoms with Gasteiger partial charge < -0.3 is 14.7 Å². The standard InChI is InChI=1S/C15H21NO3/c1-11-6-5-9-16(15(11)18)10-13(17)12-7-3-4-8-14(12)19-2/h3-4,7-8,11,13,17H,5-6,9-10H2,1-2H3. The zero-order valence-electron chi connectivity index (χ0n) is 11.5. The average Bonchev–Trinajstić information content (AvgIpc) is 2.43. The summed E-state index contributed by atoms with van der Waals surface area (Å²) < 4.78 is 5.24. The number of rotatable bonds is 4. The first-order valence-corrected chi connectivity index (χ1v) is 6.73. The van der Waals surface area contributed by atoms with Crippen molar-refractivity contribution in [2.24, 2.45) is 5.92 Å². The van der Waals surface area contributed by atoms with Crippen molar-refractivity contribution < 1.29 is 14.6 Å². The maximum Gasteiger partial charge on any atom is 0.225 e. The fourth-order valence-electron chi connectivity index (χ4n) is 2.56. The van der Waals surface area contributed by atoms with E-state index >= 15 is 0 Å². The largest absolute Gasteiger partial charge is 0.496 e. The monoisotopic (exact) mass is 263 g/mol. The van der Waals surface area contributed by atoms with Crippen molar-refractivity contribution in [1.29, 1.82) is 0 Å². The fraction of sp³-hybridized carbons (Fsp3) is 0.533. The highest BCUT2D eigenvalue weighted by atomic mass is 16.5. The van der Waals surface area contributed by atoms with Gasteiger partial charge in [0.25, 0.3) is 0 Å². The second-order valence-electron chi connectivity index (χ2n) is 5.09. The summed E-state index contributed by atoms with van der Waals surface area (Å²) in [6.07, 6.45) is 1.25. The van der Waals surface area contributed by atoms with Gasteiger partial charge in [-0.3, -0.25) is 4.79 Å². The molecule has 1 aromatic rings. The van der Waals surface area contributed by atoms with E-state index in [9.17, 15) is 9.90 Å². The summed E-state index contributed by atoms with van der Waals surface area (Å²) in [6.45, 7) is 3.02. The molecule has 0 bridgehead atoms. The van der Waals surface area contributed by atoms with E-state index in [4.69, 9.17) is 4.74 Å². The van der Waals surface area contributed by atoms with Gasteiger partial charge in [0.15, 0.2) is 0 Å². The molecule has 1 amide bonds. The summed E-state index contributed by atoms with van der Waals surface area (Å²) >= 11 is 0. The van der Waals surface area contributed by atoms with Crippen LogP contribution in [0.2, 0.25) is 0 Å². The van der Waals surface area contributed by atoms with E-state index in [2.05, 4.69) is 0 Å². The number of piperidine rings is 1. The molecule has 1 N–H and O–H groups in total. The quantitative estimate of drug-likeness (QED) is 0.903. The van der Waals surface area contributed by atoms with Crippen molar-refractivity contribution in [2.75, 3.05) is 20.2 Å². The summed E-state index contributed by atoms with van der Waals surface area (Å²) in [5, 5.41) is 10.3. The van der Waals surface area contributed by atoms with Crippen LogP contribution in [-0.4, -0.2) is 36.1 Å². The Bertz CT molecular complexity index is 447. The summed E-state index contributed by atoms with van der Waals surface area (Å²) in [5.74, 6) is 0.867. The van der Waals surface area contributed by atoms with Crippen molar-refractivity contribution in [1.82, 2.24) is 4.90 Å². The predicted octanol–water partition coefficient (Wildman–Crippen LogP) is 1.99. The predicted molar refractivity (Wildman–Crippen MR) is 72.9 cm³/mol. The summed E-state index contributed by atoms with van der Waals surface area (Å²) in [6, 6.07) is 7.38. The van der Waals surface area contributed by atoms with E-state index in [-0.39, 0.29) is 11.8 Å². The molecule has 1 fully saturated rings. The van der Waals surface area contributed by atoms with Gasteiger partial charge in [0.2, 0.25) is 5.91 Å². The van der Waals surface area contributed by atoms with Crippen LogP contribution in [-0.2, 0) is 4.79 Å². The van der Waals surface area contributed by atoms with Crippen molar-refractivity contribution in [3.63, 3.8) is 0 Å². The number of amides is 1. The molecule has 0 saturated carbocycles. The first-order chi connectivity index (χ1) is 9.13. The maximum absolute atomic E-state index is 12.0. The second kappa shape index (κ2) is 6.06. The number of aliphatic hydroxyl groups is 1. The van der Waals surface area contributed by atoms with E-state index in [1.54, 1.807) is 12.0 Å². The molecule has 1 aliphatic heterocycles. The van der Waals surface area contributed by atoms with Crippen LogP contribution < -0.4 is 4.74 Å². The van der Waals surface area contributed by atoms with Gasteiger partial charge in [-0.15, -0.1) is 0 Å². The lowest BCUT2D eigenvalue weighted by Crippen LogP contribution is -2.42. The molecular weight excluding hydrogens is 242 g/mol. The molecule has 0 spiro atoms. The number of methoxy groups -OCH3 is 1. The Morgan fingerprint density at radius 1 is 1.47 bits per heavy atom. The minimum absolute atomic E-state index is 0.0682. The molecule has 1 aromatic carbocycles. The van der Waals surface area contributed by atoms with Crippen LogP contribution in [0, 0.1) is 5.92 Å². The number of aliphatic hydroxyl groups excluding tert-OH is 1. The number of nitrogens with zero attached hydrogens (tertiary/aromatic N) is 1. The summed E-state index contributed by atoms with van der Waals surface area (Å²) in [5.41, 5.74) is 0.732. The molecule has 2 atom stereocenters. The molecule has 2 rings (SSSR count). The highest BCUT2D eigenvalue weighted by Crippen LogP contribution is 2.27. The fourth-order valence-corrected chi connectivity index (χ4v) is 2.56. The number of benzene rings is 1. The SMILES string of the molecule is COc1ccccc1C(O)CN1CCCC(C)C1=O. The summed E-state index contributed by atoms with van der Waals surface area (Å²) in [7, 11) is 1.58. The highest BCUT2D eigenvalue weighted by molar-refractivity contribution is 5.79. The molecule has 4 nitrogen and oxygen atoms in total. The molecule has 0 aromatic heterocycles. The summed E-state index contributed by atoms with van der Waals surface area (Å²) in [4.78, 5) is 13.8. The molecule has 4 heteroatoms. The lowest BCUT2D eigenvalue weighted by Gasteiger charge is -2.32. The Morgan fingerprint density at radius 2 is 2.21 bits per heavy atom. The van der Waals surface area contributed by atoms with Crippen LogP contribution in [0.1, 0.15) is 31.4 Å². The minimum atomic E-state index is -0.703. The van der Waals surface area contributed by atoms with Crippen LogP contribution in [0.5, 0.6) is 5.75 Å². The molecular formula is C15H21NO3. The average molecular weight is 263 g/mol. The van der Waals surface area contributed by atoms with Crippen LogP contribution in [0.25, 0.3) is 0 Å². The molecule has 1 saturated heterocycles.